The quantitative estimate of drug-likeness (QED) is 0.0984. The minimum atomic E-state index is -0.958. The third-order valence-corrected chi connectivity index (χ3v) is 11.2. The molecule has 0 saturated heterocycles. The van der Waals surface area contributed by atoms with E-state index in [1.165, 1.54) is 78.3 Å². The number of nitrogens with one attached hydrogen (secondary N) is 3. The molecule has 4 aromatic carbocycles. The first-order valence-electron chi connectivity index (χ1n) is 17.5. The average molecular weight is 922 g/mol. The Hall–Kier alpha value is -5.43. The highest BCUT2D eigenvalue weighted by Gasteiger charge is 2.32. The lowest BCUT2D eigenvalue weighted by Gasteiger charge is -2.15. The second-order valence-corrected chi connectivity index (χ2v) is 15.4. The molecule has 0 fully saturated rings. The first-order valence-corrected chi connectivity index (χ1v) is 20.0. The number of amides is 3. The topological polar surface area (TPSA) is 176 Å². The van der Waals surface area contributed by atoms with Crippen molar-refractivity contribution in [3.63, 3.8) is 0 Å². The molecule has 0 aliphatic heterocycles. The summed E-state index contributed by atoms with van der Waals surface area (Å²) < 4.78 is 54.8. The number of hydrogen-bond donors (Lipinski definition) is 5. The fourth-order valence-electron chi connectivity index (χ4n) is 6.46. The molecular weight excluding hydrogens is 891 g/mol. The van der Waals surface area contributed by atoms with Gasteiger partial charge in [0.25, 0.3) is 17.7 Å². The molecule has 60 heavy (non-hydrogen) atoms. The Morgan fingerprint density at radius 2 is 1.13 bits per heavy atom. The van der Waals surface area contributed by atoms with Crippen molar-refractivity contribution in [3.8, 4) is 0 Å². The lowest BCUT2D eigenvalue weighted by atomic mass is 10.0. The van der Waals surface area contributed by atoms with E-state index in [4.69, 9.17) is 34.0 Å². The molecule has 0 radical (unpaired) electrons. The van der Waals surface area contributed by atoms with Crippen LogP contribution in [0.15, 0.2) is 83.8 Å². The first-order chi connectivity index (χ1) is 28.2. The van der Waals surface area contributed by atoms with E-state index in [-0.39, 0.29) is 45.2 Å². The van der Waals surface area contributed by atoms with Gasteiger partial charge in [0.2, 0.25) is 5.01 Å². The van der Waals surface area contributed by atoms with Crippen LogP contribution in [-0.2, 0) is 12.8 Å². The van der Waals surface area contributed by atoms with Crippen LogP contribution in [0, 0.1) is 23.3 Å². The van der Waals surface area contributed by atoms with Crippen LogP contribution in [0.25, 0.3) is 0 Å². The maximum atomic E-state index is 14.5. The zero-order chi connectivity index (χ0) is 42.4. The molecule has 0 spiro atoms. The van der Waals surface area contributed by atoms with Gasteiger partial charge in [-0.2, -0.15) is 0 Å². The minimum Gasteiger partial charge on any atom is -0.476 e. The summed E-state index contributed by atoms with van der Waals surface area (Å²) in [6.07, 6.45) is 5.06. The highest BCUT2D eigenvalue weighted by molar-refractivity contribution is 7.11. The number of benzene rings is 4. The summed E-state index contributed by atoms with van der Waals surface area (Å²) in [5.74, 6) is -4.22. The fourth-order valence-corrected chi connectivity index (χ4v) is 7.84. The Morgan fingerprint density at radius 1 is 0.667 bits per heavy atom. The van der Waals surface area contributed by atoms with Crippen molar-refractivity contribution in [1.29, 1.82) is 0 Å². The van der Waals surface area contributed by atoms with Crippen molar-refractivity contribution < 1.29 is 41.8 Å². The highest BCUT2D eigenvalue weighted by atomic mass is 35.5. The maximum absolute atomic E-state index is 14.5. The maximum Gasteiger partial charge on any atom is 0.364 e. The number of halogens is 7. The van der Waals surface area contributed by atoms with Gasteiger partial charge in [-0.15, -0.1) is 35.1 Å². The third-order valence-electron chi connectivity index (χ3n) is 9.11. The van der Waals surface area contributed by atoms with E-state index in [0.717, 1.165) is 17.4 Å². The second kappa shape index (κ2) is 20.2. The average Bonchev–Trinajstić information content (AvgIpc) is 4.04. The summed E-state index contributed by atoms with van der Waals surface area (Å²) in [5.41, 5.74) is 9.14. The summed E-state index contributed by atoms with van der Waals surface area (Å²) in [6, 6.07) is 12.1. The molecule has 2 aromatic heterocycles. The minimum absolute atomic E-state index is 0. The van der Waals surface area contributed by atoms with Gasteiger partial charge in [-0.05, 0) is 97.5 Å². The zero-order valence-corrected chi connectivity index (χ0v) is 34.6. The Bertz CT molecular complexity index is 2550. The Morgan fingerprint density at radius 3 is 1.60 bits per heavy atom. The Labute approximate surface area is 363 Å². The zero-order valence-electron chi connectivity index (χ0n) is 30.6. The van der Waals surface area contributed by atoms with Crippen LogP contribution in [0.3, 0.4) is 0 Å². The Kier molecular flexibility index (Phi) is 15.4. The Balaban J connectivity index is 0.000000194. The number of nitrogens with zero attached hydrogens (tertiary/aromatic N) is 2. The SMILES string of the molecule is Cl.N[C@H]1CCc2c(C(=O)Nc3ccc(F)c(Cl)c3)ccc(F)c21.O=C(N[C@H]1CCc2c(C(=O)Nc3ccc(F)c(Cl)c3)ccc(F)c21)c1nccs1.O=C(O)c1nccs1. The molecule has 6 aromatic rings. The molecular formula is C40H31Cl3F4N6O5S2. The van der Waals surface area contributed by atoms with Crippen molar-refractivity contribution in [1.82, 2.24) is 15.3 Å². The number of carboxylic acids is 1. The summed E-state index contributed by atoms with van der Waals surface area (Å²) in [6.45, 7) is 0. The standard InChI is InChI=1S/C20H14ClF2N3O2S.C16H13ClF2N2O.C4H3NO2S.ClH/c21-13-9-10(1-4-14(13)22)25-18(27)12-2-5-15(23)17-11(12)3-6-16(17)26-19(28)20-24-7-8-29-20;17-11-7-8(1-4-12(11)18)21-16(22)10-2-5-13(19)15-9(10)3-6-14(15)20;6-4(7)3-5-1-2-8-3;/h1-2,4-5,7-9,16H,3,6H2,(H,25,27)(H,26,28);1-2,4-5,7,14H,3,6,20H2,(H,21,22);1-2H,(H,6,7);1H/t16-;14-;;/m00../s1. The van der Waals surface area contributed by atoms with Crippen molar-refractivity contribution in [2.45, 2.75) is 37.8 Å². The smallest absolute Gasteiger partial charge is 0.364 e. The normalized spacial score (nSPS) is 14.5. The lowest BCUT2D eigenvalue weighted by Crippen LogP contribution is -2.27. The molecule has 3 amide bonds. The number of anilines is 2. The van der Waals surface area contributed by atoms with E-state index < -0.39 is 41.3 Å². The molecule has 2 aliphatic rings. The van der Waals surface area contributed by atoms with Crippen molar-refractivity contribution in [2.75, 3.05) is 10.6 Å². The molecule has 0 saturated carbocycles. The van der Waals surface area contributed by atoms with Gasteiger partial charge < -0.3 is 26.8 Å². The number of aromatic nitrogens is 2. The van der Waals surface area contributed by atoms with E-state index in [1.807, 2.05) is 0 Å². The van der Waals surface area contributed by atoms with Crippen molar-refractivity contribution >= 4 is 93.3 Å². The van der Waals surface area contributed by atoms with Gasteiger partial charge in [0.15, 0.2) is 5.01 Å². The molecule has 20 heteroatoms. The first kappa shape index (κ1) is 45.7. The van der Waals surface area contributed by atoms with E-state index in [2.05, 4.69) is 25.9 Å². The third kappa shape index (κ3) is 10.7. The predicted molar refractivity (Wildman–Crippen MR) is 224 cm³/mol. The van der Waals surface area contributed by atoms with Crippen LogP contribution >= 0.6 is 58.3 Å². The number of hydrogen-bond acceptors (Lipinski definition) is 9. The number of fused-ring (bicyclic) bond motifs is 2. The van der Waals surface area contributed by atoms with Crippen LogP contribution in [0.1, 0.15) is 87.5 Å². The molecule has 312 valence electrons. The number of thiazole rings is 2. The summed E-state index contributed by atoms with van der Waals surface area (Å²) in [5, 5.41) is 19.8. The van der Waals surface area contributed by atoms with E-state index in [9.17, 15) is 36.7 Å². The summed E-state index contributed by atoms with van der Waals surface area (Å²) in [4.78, 5) is 54.9. The van der Waals surface area contributed by atoms with Crippen LogP contribution in [-0.4, -0.2) is 38.8 Å². The molecule has 2 heterocycles. The van der Waals surface area contributed by atoms with Crippen LogP contribution in [0.5, 0.6) is 0 Å². The summed E-state index contributed by atoms with van der Waals surface area (Å²) in [7, 11) is 0. The van der Waals surface area contributed by atoms with Crippen LogP contribution < -0.4 is 21.7 Å². The van der Waals surface area contributed by atoms with Gasteiger partial charge in [-0.3, -0.25) is 14.4 Å². The number of nitrogens with two attached hydrogens (primary N) is 1. The molecule has 2 aliphatic carbocycles. The molecule has 8 rings (SSSR count). The monoisotopic (exact) mass is 920 g/mol. The van der Waals surface area contributed by atoms with Gasteiger partial charge in [0.05, 0.1) is 16.1 Å². The number of aromatic carboxylic acids is 1. The van der Waals surface area contributed by atoms with Crippen LogP contribution in [0.4, 0.5) is 28.9 Å². The number of carbonyl (C=O) groups is 4. The molecule has 0 unspecified atom stereocenters. The number of carbonyl (C=O) groups excluding carboxylic acids is 3. The van der Waals surface area contributed by atoms with Crippen molar-refractivity contribution in [2.24, 2.45) is 5.73 Å². The van der Waals surface area contributed by atoms with E-state index >= 15 is 0 Å². The van der Waals surface area contributed by atoms with Gasteiger partial charge >= 0.3 is 5.97 Å². The van der Waals surface area contributed by atoms with E-state index in [1.54, 1.807) is 10.8 Å². The van der Waals surface area contributed by atoms with E-state index in [0.29, 0.717) is 75.4 Å². The van der Waals surface area contributed by atoms with Gasteiger partial charge in [0.1, 0.15) is 23.3 Å². The highest BCUT2D eigenvalue weighted by Crippen LogP contribution is 2.37. The molecule has 11 nitrogen and oxygen atoms in total. The second-order valence-electron chi connectivity index (χ2n) is 12.8. The van der Waals surface area contributed by atoms with Gasteiger partial charge in [-0.1, -0.05) is 23.2 Å². The number of carboxylic acid groups (broad SMARTS) is 1. The molecule has 6 N–H and O–H groups in total. The fraction of sp³-hybridized carbons (Fsp3) is 0.150. The summed E-state index contributed by atoms with van der Waals surface area (Å²) >= 11 is 13.7. The molecule has 0 bridgehead atoms. The van der Waals surface area contributed by atoms with Crippen molar-refractivity contribution in [3.05, 3.63) is 161 Å². The van der Waals surface area contributed by atoms with Crippen LogP contribution in [0.2, 0.25) is 10.0 Å². The van der Waals surface area contributed by atoms with Gasteiger partial charge in [-0.25, -0.2) is 32.3 Å². The predicted octanol–water partition coefficient (Wildman–Crippen LogP) is 9.82. The van der Waals surface area contributed by atoms with Gasteiger partial charge in [0, 0.05) is 62.8 Å². The number of rotatable bonds is 7. The molecule has 2 atom stereocenters. The lowest BCUT2D eigenvalue weighted by molar-refractivity contribution is 0.0695. The largest absolute Gasteiger partial charge is 0.476 e.